The Hall–Kier alpha value is -1.27. The summed E-state index contributed by atoms with van der Waals surface area (Å²) in [6, 6.07) is 5.94. The van der Waals surface area contributed by atoms with Gasteiger partial charge in [-0.2, -0.15) is 0 Å². The van der Waals surface area contributed by atoms with Crippen LogP contribution in [0.15, 0.2) is 24.3 Å². The van der Waals surface area contributed by atoms with Gasteiger partial charge in [-0.1, -0.05) is 19.1 Å². The molecular formula is C14H20F3NO2. The number of methoxy groups -OCH3 is 1. The fraction of sp³-hybridized carbons (Fsp3) is 0.571. The minimum absolute atomic E-state index is 0.0502. The van der Waals surface area contributed by atoms with Crippen molar-refractivity contribution < 1.29 is 22.6 Å². The van der Waals surface area contributed by atoms with Crippen LogP contribution < -0.4 is 10.1 Å². The summed E-state index contributed by atoms with van der Waals surface area (Å²) in [6.07, 6.45) is -4.65. The smallest absolute Gasteiger partial charge is 0.406 e. The molecule has 6 heteroatoms. The molecule has 0 spiro atoms. The van der Waals surface area contributed by atoms with Crippen molar-refractivity contribution in [2.75, 3.05) is 20.3 Å². The van der Waals surface area contributed by atoms with Gasteiger partial charge in [0, 0.05) is 26.3 Å². The van der Waals surface area contributed by atoms with Crippen LogP contribution in [0.4, 0.5) is 13.2 Å². The Balaban J connectivity index is 2.51. The number of rotatable bonds is 7. The molecule has 0 aliphatic rings. The molecule has 2 atom stereocenters. The summed E-state index contributed by atoms with van der Waals surface area (Å²) in [4.78, 5) is 0. The minimum Gasteiger partial charge on any atom is -0.406 e. The number of halogens is 3. The second kappa shape index (κ2) is 7.50. The zero-order chi connectivity index (χ0) is 15.2. The molecule has 2 unspecified atom stereocenters. The molecule has 0 heterocycles. The lowest BCUT2D eigenvalue weighted by Gasteiger charge is -2.18. The van der Waals surface area contributed by atoms with E-state index in [1.165, 1.54) is 12.1 Å². The Morgan fingerprint density at radius 3 is 2.25 bits per heavy atom. The van der Waals surface area contributed by atoms with Gasteiger partial charge in [0.1, 0.15) is 5.75 Å². The SMILES string of the molecule is COCC(C)CNC(C)c1ccc(OC(F)(F)F)cc1. The highest BCUT2D eigenvalue weighted by Crippen LogP contribution is 2.24. The zero-order valence-electron chi connectivity index (χ0n) is 11.8. The summed E-state index contributed by atoms with van der Waals surface area (Å²) in [5, 5.41) is 3.31. The first kappa shape index (κ1) is 16.8. The molecule has 0 fully saturated rings. The molecule has 0 aliphatic heterocycles. The highest BCUT2D eigenvalue weighted by molar-refractivity contribution is 5.29. The molecule has 0 amide bonds. The van der Waals surface area contributed by atoms with E-state index in [0.29, 0.717) is 12.5 Å². The normalized spacial score (nSPS) is 14.9. The molecule has 1 rings (SSSR count). The number of hydrogen-bond acceptors (Lipinski definition) is 3. The summed E-state index contributed by atoms with van der Waals surface area (Å²) in [7, 11) is 1.65. The third kappa shape index (κ3) is 6.25. The van der Waals surface area contributed by atoms with Crippen molar-refractivity contribution in [1.29, 1.82) is 0 Å². The fourth-order valence-corrected chi connectivity index (χ4v) is 1.80. The molecule has 114 valence electrons. The van der Waals surface area contributed by atoms with Crippen LogP contribution in [-0.2, 0) is 4.74 Å². The summed E-state index contributed by atoms with van der Waals surface area (Å²) >= 11 is 0. The molecule has 0 saturated heterocycles. The van der Waals surface area contributed by atoms with E-state index < -0.39 is 6.36 Å². The molecule has 0 bridgehead atoms. The number of alkyl halides is 3. The van der Waals surface area contributed by atoms with Crippen molar-refractivity contribution in [3.05, 3.63) is 29.8 Å². The topological polar surface area (TPSA) is 30.5 Å². The number of benzene rings is 1. The van der Waals surface area contributed by atoms with E-state index in [-0.39, 0.29) is 11.8 Å². The van der Waals surface area contributed by atoms with Gasteiger partial charge >= 0.3 is 6.36 Å². The molecule has 0 radical (unpaired) electrons. The van der Waals surface area contributed by atoms with Gasteiger partial charge in [-0.3, -0.25) is 0 Å². The van der Waals surface area contributed by atoms with E-state index in [2.05, 4.69) is 17.0 Å². The van der Waals surface area contributed by atoms with Gasteiger partial charge in [0.15, 0.2) is 0 Å². The Labute approximate surface area is 117 Å². The number of hydrogen-bond donors (Lipinski definition) is 1. The van der Waals surface area contributed by atoms with Crippen LogP contribution in [0.5, 0.6) is 5.75 Å². The Morgan fingerprint density at radius 1 is 1.15 bits per heavy atom. The maximum Gasteiger partial charge on any atom is 0.573 e. The van der Waals surface area contributed by atoms with Crippen LogP contribution in [0.2, 0.25) is 0 Å². The standard InChI is InChI=1S/C14H20F3NO2/c1-10(9-19-3)8-18-11(2)12-4-6-13(7-5-12)20-14(15,16)17/h4-7,10-11,18H,8-9H2,1-3H3. The van der Waals surface area contributed by atoms with Gasteiger partial charge in [0.2, 0.25) is 0 Å². The van der Waals surface area contributed by atoms with Crippen LogP contribution >= 0.6 is 0 Å². The third-order valence-electron chi connectivity index (χ3n) is 2.84. The van der Waals surface area contributed by atoms with Crippen molar-refractivity contribution in [2.45, 2.75) is 26.3 Å². The van der Waals surface area contributed by atoms with Crippen LogP contribution in [0, 0.1) is 5.92 Å². The fourth-order valence-electron chi connectivity index (χ4n) is 1.80. The lowest BCUT2D eigenvalue weighted by atomic mass is 10.1. The van der Waals surface area contributed by atoms with Gasteiger partial charge in [0.25, 0.3) is 0 Å². The van der Waals surface area contributed by atoms with E-state index in [1.54, 1.807) is 19.2 Å². The molecule has 0 aliphatic carbocycles. The average molecular weight is 291 g/mol. The predicted molar refractivity (Wildman–Crippen MR) is 70.6 cm³/mol. The molecular weight excluding hydrogens is 271 g/mol. The molecule has 20 heavy (non-hydrogen) atoms. The monoisotopic (exact) mass is 291 g/mol. The van der Waals surface area contributed by atoms with Crippen molar-refractivity contribution in [2.24, 2.45) is 5.92 Å². The molecule has 1 aromatic carbocycles. The molecule has 0 aromatic heterocycles. The van der Waals surface area contributed by atoms with Crippen molar-refractivity contribution in [1.82, 2.24) is 5.32 Å². The molecule has 3 nitrogen and oxygen atoms in total. The van der Waals surface area contributed by atoms with E-state index >= 15 is 0 Å². The summed E-state index contributed by atoms with van der Waals surface area (Å²) in [5.74, 6) is 0.163. The quantitative estimate of drug-likeness (QED) is 0.834. The van der Waals surface area contributed by atoms with Crippen LogP contribution in [-0.4, -0.2) is 26.6 Å². The maximum atomic E-state index is 12.0. The number of nitrogens with one attached hydrogen (secondary N) is 1. The first-order chi connectivity index (χ1) is 9.31. The second-order valence-corrected chi connectivity index (χ2v) is 4.81. The Bertz CT molecular complexity index is 392. The van der Waals surface area contributed by atoms with E-state index in [4.69, 9.17) is 4.74 Å². The highest BCUT2D eigenvalue weighted by Gasteiger charge is 2.30. The van der Waals surface area contributed by atoms with Gasteiger partial charge < -0.3 is 14.8 Å². The van der Waals surface area contributed by atoms with E-state index in [1.807, 2.05) is 6.92 Å². The second-order valence-electron chi connectivity index (χ2n) is 4.81. The van der Waals surface area contributed by atoms with Gasteiger partial charge in [-0.05, 0) is 30.5 Å². The number of ether oxygens (including phenoxy) is 2. The van der Waals surface area contributed by atoms with Crippen molar-refractivity contribution >= 4 is 0 Å². The Kier molecular flexibility index (Phi) is 6.29. The lowest BCUT2D eigenvalue weighted by Crippen LogP contribution is -2.26. The summed E-state index contributed by atoms with van der Waals surface area (Å²) in [6.45, 7) is 5.45. The van der Waals surface area contributed by atoms with E-state index in [9.17, 15) is 13.2 Å². The first-order valence-corrected chi connectivity index (χ1v) is 6.40. The third-order valence-corrected chi connectivity index (χ3v) is 2.84. The van der Waals surface area contributed by atoms with Crippen LogP contribution in [0.25, 0.3) is 0 Å². The summed E-state index contributed by atoms with van der Waals surface area (Å²) in [5.41, 5.74) is 0.907. The predicted octanol–water partition coefficient (Wildman–Crippen LogP) is 3.52. The van der Waals surface area contributed by atoms with Gasteiger partial charge in [0.05, 0.1) is 0 Å². The van der Waals surface area contributed by atoms with Crippen LogP contribution in [0.3, 0.4) is 0 Å². The first-order valence-electron chi connectivity index (χ1n) is 6.40. The maximum absolute atomic E-state index is 12.0. The van der Waals surface area contributed by atoms with Gasteiger partial charge in [-0.25, -0.2) is 0 Å². The average Bonchev–Trinajstić information content (AvgIpc) is 2.35. The van der Waals surface area contributed by atoms with Crippen LogP contribution in [0.1, 0.15) is 25.5 Å². The molecule has 1 aromatic rings. The Morgan fingerprint density at radius 2 is 1.75 bits per heavy atom. The van der Waals surface area contributed by atoms with E-state index in [0.717, 1.165) is 12.1 Å². The molecule has 0 saturated carbocycles. The molecule has 1 N–H and O–H groups in total. The largest absolute Gasteiger partial charge is 0.573 e. The summed E-state index contributed by atoms with van der Waals surface area (Å²) < 4.78 is 45.0. The zero-order valence-corrected chi connectivity index (χ0v) is 11.8. The minimum atomic E-state index is -4.65. The highest BCUT2D eigenvalue weighted by atomic mass is 19.4. The van der Waals surface area contributed by atoms with Crippen molar-refractivity contribution in [3.63, 3.8) is 0 Å². The lowest BCUT2D eigenvalue weighted by molar-refractivity contribution is -0.274. The van der Waals surface area contributed by atoms with Crippen molar-refractivity contribution in [3.8, 4) is 5.75 Å². The van der Waals surface area contributed by atoms with Gasteiger partial charge in [-0.15, -0.1) is 13.2 Å².